The highest BCUT2D eigenvalue weighted by atomic mass is 19.4. The van der Waals surface area contributed by atoms with Gasteiger partial charge in [0.15, 0.2) is 5.82 Å². The van der Waals surface area contributed by atoms with Crippen LogP contribution in [0.5, 0.6) is 5.75 Å². The SMILES string of the molecule is Nc1ccccc1-c1ncn(-c2ccc(OC(F)(F)C(F)(F)F)cc2)n1. The van der Waals surface area contributed by atoms with Gasteiger partial charge in [0.25, 0.3) is 0 Å². The van der Waals surface area contributed by atoms with Crippen molar-refractivity contribution in [2.24, 2.45) is 0 Å². The summed E-state index contributed by atoms with van der Waals surface area (Å²) in [4.78, 5) is 4.11. The molecule has 0 unspecified atom stereocenters. The number of aromatic nitrogens is 3. The molecular formula is C16H11F5N4O. The van der Waals surface area contributed by atoms with Gasteiger partial charge in [-0.15, -0.1) is 5.10 Å². The molecule has 0 aliphatic rings. The van der Waals surface area contributed by atoms with Gasteiger partial charge in [-0.1, -0.05) is 12.1 Å². The Morgan fingerprint density at radius 1 is 0.923 bits per heavy atom. The summed E-state index contributed by atoms with van der Waals surface area (Å²) in [5.74, 6) is -0.296. The molecule has 5 nitrogen and oxygen atoms in total. The summed E-state index contributed by atoms with van der Waals surface area (Å²) in [6.07, 6.45) is -9.72. The van der Waals surface area contributed by atoms with E-state index in [2.05, 4.69) is 14.8 Å². The number of benzene rings is 2. The zero-order valence-corrected chi connectivity index (χ0v) is 12.9. The average Bonchev–Trinajstić information content (AvgIpc) is 3.04. The molecule has 136 valence electrons. The van der Waals surface area contributed by atoms with E-state index in [0.717, 1.165) is 12.1 Å². The number of nitrogens with zero attached hydrogens (tertiary/aromatic N) is 3. The fraction of sp³-hybridized carbons (Fsp3) is 0.125. The molecular weight excluding hydrogens is 359 g/mol. The quantitative estimate of drug-likeness (QED) is 0.556. The van der Waals surface area contributed by atoms with Crippen LogP contribution in [0.25, 0.3) is 17.1 Å². The van der Waals surface area contributed by atoms with E-state index in [1.165, 1.54) is 23.1 Å². The highest BCUT2D eigenvalue weighted by Gasteiger charge is 2.61. The predicted molar refractivity (Wildman–Crippen MR) is 82.8 cm³/mol. The van der Waals surface area contributed by atoms with E-state index in [-0.39, 0.29) is 0 Å². The molecule has 0 bridgehead atoms. The van der Waals surface area contributed by atoms with Crippen LogP contribution in [0.4, 0.5) is 27.6 Å². The van der Waals surface area contributed by atoms with Crippen LogP contribution in [-0.4, -0.2) is 27.0 Å². The van der Waals surface area contributed by atoms with E-state index < -0.39 is 18.0 Å². The van der Waals surface area contributed by atoms with Crippen molar-refractivity contribution in [3.05, 3.63) is 54.9 Å². The lowest BCUT2D eigenvalue weighted by Crippen LogP contribution is -2.41. The Kier molecular flexibility index (Phi) is 4.26. The summed E-state index contributed by atoms with van der Waals surface area (Å²) in [6.45, 7) is 0. The summed E-state index contributed by atoms with van der Waals surface area (Å²) in [7, 11) is 0. The first-order valence-corrected chi connectivity index (χ1v) is 7.18. The minimum atomic E-state index is -5.80. The van der Waals surface area contributed by atoms with Gasteiger partial charge in [0, 0.05) is 11.3 Å². The molecule has 0 spiro atoms. The van der Waals surface area contributed by atoms with Gasteiger partial charge >= 0.3 is 12.3 Å². The third-order valence-corrected chi connectivity index (χ3v) is 3.37. The second kappa shape index (κ2) is 6.28. The van der Waals surface area contributed by atoms with Gasteiger partial charge in [-0.05, 0) is 36.4 Å². The Balaban J connectivity index is 1.81. The fourth-order valence-corrected chi connectivity index (χ4v) is 2.08. The number of anilines is 1. The maximum Gasteiger partial charge on any atom is 0.499 e. The minimum absolute atomic E-state index is 0.340. The maximum atomic E-state index is 12.9. The largest absolute Gasteiger partial charge is 0.499 e. The minimum Gasteiger partial charge on any atom is -0.426 e. The predicted octanol–water partition coefficient (Wildman–Crippen LogP) is 4.05. The Bertz CT molecular complexity index is 906. The highest BCUT2D eigenvalue weighted by molar-refractivity contribution is 5.70. The number of hydrogen-bond acceptors (Lipinski definition) is 4. The first-order chi connectivity index (χ1) is 12.2. The number of para-hydroxylation sites is 1. The van der Waals surface area contributed by atoms with Crippen LogP contribution in [0, 0.1) is 0 Å². The molecule has 0 aliphatic carbocycles. The van der Waals surface area contributed by atoms with E-state index in [1.807, 2.05) is 0 Å². The van der Waals surface area contributed by atoms with E-state index in [0.29, 0.717) is 22.8 Å². The molecule has 1 heterocycles. The normalized spacial score (nSPS) is 12.2. The smallest absolute Gasteiger partial charge is 0.426 e. The van der Waals surface area contributed by atoms with Crippen molar-refractivity contribution in [3.63, 3.8) is 0 Å². The van der Waals surface area contributed by atoms with Crippen molar-refractivity contribution in [1.29, 1.82) is 0 Å². The zero-order valence-electron chi connectivity index (χ0n) is 12.9. The number of ether oxygens (including phenoxy) is 1. The van der Waals surface area contributed by atoms with Crippen LogP contribution >= 0.6 is 0 Å². The molecule has 0 fully saturated rings. The van der Waals surface area contributed by atoms with Gasteiger partial charge in [0.2, 0.25) is 0 Å². The number of halogens is 5. The second-order valence-corrected chi connectivity index (χ2v) is 5.21. The lowest BCUT2D eigenvalue weighted by Gasteiger charge is -2.20. The Morgan fingerprint density at radius 2 is 1.58 bits per heavy atom. The topological polar surface area (TPSA) is 66.0 Å². The molecule has 0 saturated heterocycles. The molecule has 3 rings (SSSR count). The third kappa shape index (κ3) is 3.44. The molecule has 26 heavy (non-hydrogen) atoms. The van der Waals surface area contributed by atoms with Gasteiger partial charge < -0.3 is 10.5 Å². The number of nitrogen functional groups attached to an aromatic ring is 1. The monoisotopic (exact) mass is 370 g/mol. The van der Waals surface area contributed by atoms with Crippen molar-refractivity contribution >= 4 is 5.69 Å². The number of alkyl halides is 5. The van der Waals surface area contributed by atoms with Crippen molar-refractivity contribution in [1.82, 2.24) is 14.8 Å². The summed E-state index contributed by atoms with van der Waals surface area (Å²) < 4.78 is 67.3. The van der Waals surface area contributed by atoms with Crippen LogP contribution < -0.4 is 10.5 Å². The van der Waals surface area contributed by atoms with Crippen molar-refractivity contribution in [2.45, 2.75) is 12.3 Å². The lowest BCUT2D eigenvalue weighted by atomic mass is 10.2. The fourth-order valence-electron chi connectivity index (χ4n) is 2.08. The summed E-state index contributed by atoms with van der Waals surface area (Å²) in [5.41, 5.74) is 7.32. The van der Waals surface area contributed by atoms with E-state index in [9.17, 15) is 22.0 Å². The van der Waals surface area contributed by atoms with Crippen LogP contribution in [0.3, 0.4) is 0 Å². The number of nitrogens with two attached hydrogens (primary N) is 1. The molecule has 2 aromatic carbocycles. The molecule has 10 heteroatoms. The molecule has 3 aromatic rings. The van der Waals surface area contributed by atoms with Gasteiger partial charge in [0.1, 0.15) is 12.1 Å². The zero-order chi connectivity index (χ0) is 18.9. The summed E-state index contributed by atoms with van der Waals surface area (Å²) >= 11 is 0. The number of hydrogen-bond donors (Lipinski definition) is 1. The molecule has 0 atom stereocenters. The second-order valence-electron chi connectivity index (χ2n) is 5.21. The van der Waals surface area contributed by atoms with Gasteiger partial charge in [-0.3, -0.25) is 0 Å². The van der Waals surface area contributed by atoms with Crippen LogP contribution in [0.2, 0.25) is 0 Å². The van der Waals surface area contributed by atoms with E-state index in [1.54, 1.807) is 24.3 Å². The van der Waals surface area contributed by atoms with Crippen LogP contribution in [-0.2, 0) is 0 Å². The Hall–Kier alpha value is -3.17. The first kappa shape index (κ1) is 17.6. The maximum absolute atomic E-state index is 12.9. The number of rotatable bonds is 4. The first-order valence-electron chi connectivity index (χ1n) is 7.18. The van der Waals surface area contributed by atoms with E-state index >= 15 is 0 Å². The van der Waals surface area contributed by atoms with Crippen molar-refractivity contribution in [3.8, 4) is 22.8 Å². The average molecular weight is 370 g/mol. The Morgan fingerprint density at radius 3 is 2.19 bits per heavy atom. The third-order valence-electron chi connectivity index (χ3n) is 3.37. The summed E-state index contributed by atoms with van der Waals surface area (Å²) in [6, 6.07) is 11.4. The summed E-state index contributed by atoms with van der Waals surface area (Å²) in [5, 5.41) is 4.21. The van der Waals surface area contributed by atoms with Gasteiger partial charge in [0.05, 0.1) is 5.69 Å². The molecule has 1 aromatic heterocycles. The van der Waals surface area contributed by atoms with Crippen LogP contribution in [0.1, 0.15) is 0 Å². The molecule has 0 saturated carbocycles. The molecule has 0 aliphatic heterocycles. The molecule has 0 radical (unpaired) electrons. The van der Waals surface area contributed by atoms with E-state index in [4.69, 9.17) is 5.73 Å². The van der Waals surface area contributed by atoms with Gasteiger partial charge in [-0.2, -0.15) is 22.0 Å². The van der Waals surface area contributed by atoms with Crippen molar-refractivity contribution in [2.75, 3.05) is 5.73 Å². The molecule has 2 N–H and O–H groups in total. The Labute approximate surface area is 143 Å². The van der Waals surface area contributed by atoms with Gasteiger partial charge in [-0.25, -0.2) is 9.67 Å². The van der Waals surface area contributed by atoms with Crippen LogP contribution in [0.15, 0.2) is 54.9 Å². The standard InChI is InChI=1S/C16H11F5N4O/c17-15(18,19)16(20,21)26-11-7-5-10(6-8-11)25-9-23-14(24-25)12-3-1-2-4-13(12)22/h1-9H,22H2. The highest BCUT2D eigenvalue weighted by Crippen LogP contribution is 2.37. The molecule has 0 amide bonds. The van der Waals surface area contributed by atoms with Crippen molar-refractivity contribution < 1.29 is 26.7 Å². The lowest BCUT2D eigenvalue weighted by molar-refractivity contribution is -0.360.